The van der Waals surface area contributed by atoms with E-state index in [1.165, 1.54) is 0 Å². The van der Waals surface area contributed by atoms with Gasteiger partial charge in [0, 0.05) is 12.0 Å². The summed E-state index contributed by atoms with van der Waals surface area (Å²) in [5.41, 5.74) is 6.26. The highest BCUT2D eigenvalue weighted by molar-refractivity contribution is 7.80. The molecule has 0 fully saturated rings. The number of aliphatic hydroxyl groups excluding tert-OH is 1. The molecule has 5 heteroatoms. The molecular formula is C13H18N2O2S. The van der Waals surface area contributed by atoms with Crippen LogP contribution in [-0.4, -0.2) is 28.1 Å². The maximum absolute atomic E-state index is 12.0. The van der Waals surface area contributed by atoms with E-state index in [1.807, 2.05) is 6.07 Å². The zero-order valence-electron chi connectivity index (χ0n) is 10.6. The Morgan fingerprint density at radius 3 is 2.72 bits per heavy atom. The van der Waals surface area contributed by atoms with Gasteiger partial charge in [0.25, 0.3) is 5.91 Å². The zero-order chi connectivity index (χ0) is 13.8. The quantitative estimate of drug-likeness (QED) is 0.695. The molecule has 98 valence electrons. The van der Waals surface area contributed by atoms with Gasteiger partial charge in [0.2, 0.25) is 0 Å². The van der Waals surface area contributed by atoms with Crippen molar-refractivity contribution < 1.29 is 9.90 Å². The van der Waals surface area contributed by atoms with Gasteiger partial charge in [0.15, 0.2) is 0 Å². The Balaban J connectivity index is 2.83. The number of aliphatic hydroxyl groups is 1. The van der Waals surface area contributed by atoms with Crippen molar-refractivity contribution in [3.05, 3.63) is 35.4 Å². The summed E-state index contributed by atoms with van der Waals surface area (Å²) in [5, 5.41) is 11.9. The lowest BCUT2D eigenvalue weighted by atomic mass is 10.0. The molecule has 4 N–H and O–H groups in total. The Hall–Kier alpha value is -1.46. The van der Waals surface area contributed by atoms with E-state index in [4.69, 9.17) is 23.1 Å². The molecule has 1 amide bonds. The number of nitrogens with one attached hydrogen (secondary N) is 1. The van der Waals surface area contributed by atoms with Crippen LogP contribution in [0.2, 0.25) is 0 Å². The van der Waals surface area contributed by atoms with Gasteiger partial charge in [0.05, 0.1) is 17.1 Å². The fourth-order valence-corrected chi connectivity index (χ4v) is 1.61. The molecular weight excluding hydrogens is 248 g/mol. The first-order valence-electron chi connectivity index (χ1n) is 5.65. The number of amides is 1. The lowest BCUT2D eigenvalue weighted by molar-refractivity contribution is 0.0869. The second-order valence-electron chi connectivity index (χ2n) is 4.84. The zero-order valence-corrected chi connectivity index (χ0v) is 11.4. The molecule has 0 saturated carbocycles. The van der Waals surface area contributed by atoms with Crippen LogP contribution in [0.4, 0.5) is 0 Å². The maximum atomic E-state index is 12.0. The van der Waals surface area contributed by atoms with Crippen molar-refractivity contribution in [3.63, 3.8) is 0 Å². The maximum Gasteiger partial charge on any atom is 0.251 e. The van der Waals surface area contributed by atoms with Gasteiger partial charge in [-0.2, -0.15) is 0 Å². The second kappa shape index (κ2) is 5.93. The number of thiocarbonyl (C=S) groups is 1. The predicted octanol–water partition coefficient (Wildman–Crippen LogP) is 1.02. The molecule has 1 aromatic carbocycles. The summed E-state index contributed by atoms with van der Waals surface area (Å²) in [6.07, 6.45) is 0.472. The van der Waals surface area contributed by atoms with Gasteiger partial charge >= 0.3 is 0 Å². The normalized spacial score (nSPS) is 11.1. The predicted molar refractivity (Wildman–Crippen MR) is 75.6 cm³/mol. The minimum atomic E-state index is -0.643. The van der Waals surface area contributed by atoms with Gasteiger partial charge in [-0.05, 0) is 31.5 Å². The van der Waals surface area contributed by atoms with E-state index >= 15 is 0 Å². The number of carbonyl (C=O) groups is 1. The summed E-state index contributed by atoms with van der Waals surface area (Å²) >= 11 is 4.84. The van der Waals surface area contributed by atoms with Crippen LogP contribution in [-0.2, 0) is 6.42 Å². The number of nitrogens with two attached hydrogens (primary N) is 1. The standard InChI is InChI=1S/C13H18N2O2S/c1-13(2,8-16)15-12(17)10-5-3-4-9(6-10)7-11(14)18/h3-6,16H,7-8H2,1-2H3,(H2,14,18)(H,15,17). The van der Waals surface area contributed by atoms with Crippen molar-refractivity contribution in [3.8, 4) is 0 Å². The summed E-state index contributed by atoms with van der Waals surface area (Å²) < 4.78 is 0. The third-order valence-electron chi connectivity index (χ3n) is 2.41. The lowest BCUT2D eigenvalue weighted by Crippen LogP contribution is -2.46. The number of rotatable bonds is 5. The van der Waals surface area contributed by atoms with Crippen LogP contribution in [0.3, 0.4) is 0 Å². The van der Waals surface area contributed by atoms with Gasteiger partial charge in [-0.3, -0.25) is 4.79 Å². The average Bonchev–Trinajstić information content (AvgIpc) is 2.28. The van der Waals surface area contributed by atoms with E-state index in [0.717, 1.165) is 5.56 Å². The molecule has 0 unspecified atom stereocenters. The number of benzene rings is 1. The van der Waals surface area contributed by atoms with Crippen molar-refractivity contribution in [2.24, 2.45) is 5.73 Å². The first-order valence-corrected chi connectivity index (χ1v) is 6.05. The molecule has 0 aromatic heterocycles. The van der Waals surface area contributed by atoms with E-state index in [2.05, 4.69) is 5.32 Å². The molecule has 0 aliphatic heterocycles. The summed E-state index contributed by atoms with van der Waals surface area (Å²) in [5.74, 6) is -0.223. The number of carbonyl (C=O) groups excluding carboxylic acids is 1. The molecule has 0 bridgehead atoms. The molecule has 4 nitrogen and oxygen atoms in total. The van der Waals surface area contributed by atoms with Crippen molar-refractivity contribution >= 4 is 23.1 Å². The van der Waals surface area contributed by atoms with Crippen molar-refractivity contribution in [2.45, 2.75) is 25.8 Å². The van der Waals surface area contributed by atoms with E-state index in [-0.39, 0.29) is 12.5 Å². The third kappa shape index (κ3) is 4.43. The smallest absolute Gasteiger partial charge is 0.251 e. The topological polar surface area (TPSA) is 75.3 Å². The van der Waals surface area contributed by atoms with Gasteiger partial charge in [-0.1, -0.05) is 24.4 Å². The molecule has 0 saturated heterocycles. The number of hydrogen-bond acceptors (Lipinski definition) is 3. The van der Waals surface area contributed by atoms with E-state index in [0.29, 0.717) is 17.0 Å². The van der Waals surface area contributed by atoms with E-state index in [1.54, 1.807) is 32.0 Å². The highest BCUT2D eigenvalue weighted by Gasteiger charge is 2.19. The molecule has 1 aromatic rings. The Kier molecular flexibility index (Phi) is 4.81. The largest absolute Gasteiger partial charge is 0.394 e. The van der Waals surface area contributed by atoms with Crippen molar-refractivity contribution in [2.75, 3.05) is 6.61 Å². The number of hydrogen-bond donors (Lipinski definition) is 3. The molecule has 0 atom stereocenters. The second-order valence-corrected chi connectivity index (χ2v) is 5.36. The fraction of sp³-hybridized carbons (Fsp3) is 0.385. The van der Waals surface area contributed by atoms with Crippen LogP contribution in [0.25, 0.3) is 0 Å². The average molecular weight is 266 g/mol. The minimum absolute atomic E-state index is 0.120. The van der Waals surface area contributed by atoms with Crippen LogP contribution in [0, 0.1) is 0 Å². The van der Waals surface area contributed by atoms with Gasteiger partial charge in [0.1, 0.15) is 0 Å². The molecule has 18 heavy (non-hydrogen) atoms. The highest BCUT2D eigenvalue weighted by atomic mass is 32.1. The first-order chi connectivity index (χ1) is 8.34. The van der Waals surface area contributed by atoms with Crippen LogP contribution >= 0.6 is 12.2 Å². The molecule has 0 heterocycles. The highest BCUT2D eigenvalue weighted by Crippen LogP contribution is 2.09. The van der Waals surface area contributed by atoms with Gasteiger partial charge in [-0.15, -0.1) is 0 Å². The Morgan fingerprint density at radius 2 is 2.17 bits per heavy atom. The lowest BCUT2D eigenvalue weighted by Gasteiger charge is -2.23. The SMILES string of the molecule is CC(C)(CO)NC(=O)c1cccc(CC(N)=S)c1. The molecule has 0 spiro atoms. The van der Waals surface area contributed by atoms with Gasteiger partial charge in [-0.25, -0.2) is 0 Å². The van der Waals surface area contributed by atoms with Crippen molar-refractivity contribution in [1.29, 1.82) is 0 Å². The van der Waals surface area contributed by atoms with E-state index < -0.39 is 5.54 Å². The van der Waals surface area contributed by atoms with Crippen LogP contribution in [0.15, 0.2) is 24.3 Å². The van der Waals surface area contributed by atoms with E-state index in [9.17, 15) is 4.79 Å². The Bertz CT molecular complexity index is 458. The molecule has 0 aliphatic rings. The first kappa shape index (κ1) is 14.6. The van der Waals surface area contributed by atoms with Crippen LogP contribution < -0.4 is 11.1 Å². The molecule has 0 aliphatic carbocycles. The summed E-state index contributed by atoms with van der Waals surface area (Å²) in [6.45, 7) is 3.39. The van der Waals surface area contributed by atoms with Crippen molar-refractivity contribution in [1.82, 2.24) is 5.32 Å². The fourth-order valence-electron chi connectivity index (χ4n) is 1.44. The van der Waals surface area contributed by atoms with Crippen LogP contribution in [0.5, 0.6) is 0 Å². The third-order valence-corrected chi connectivity index (χ3v) is 2.56. The van der Waals surface area contributed by atoms with Crippen LogP contribution in [0.1, 0.15) is 29.8 Å². The van der Waals surface area contributed by atoms with Gasteiger partial charge < -0.3 is 16.2 Å². The summed E-state index contributed by atoms with van der Waals surface area (Å²) in [6, 6.07) is 7.12. The summed E-state index contributed by atoms with van der Waals surface area (Å²) in [7, 11) is 0. The Morgan fingerprint density at radius 1 is 1.50 bits per heavy atom. The molecule has 1 rings (SSSR count). The minimum Gasteiger partial charge on any atom is -0.394 e. The Labute approximate surface area is 112 Å². The monoisotopic (exact) mass is 266 g/mol. The molecule has 0 radical (unpaired) electrons. The summed E-state index contributed by atoms with van der Waals surface area (Å²) in [4.78, 5) is 12.4.